The van der Waals surface area contributed by atoms with Crippen LogP contribution >= 0.6 is 0 Å². The summed E-state index contributed by atoms with van der Waals surface area (Å²) in [5.74, 6) is -0.285. The second-order valence-corrected chi connectivity index (χ2v) is 4.86. The van der Waals surface area contributed by atoms with E-state index < -0.39 is 5.97 Å². The number of esters is 1. The van der Waals surface area contributed by atoms with Gasteiger partial charge in [0.1, 0.15) is 19.5 Å². The maximum absolute atomic E-state index is 11.9. The summed E-state index contributed by atoms with van der Waals surface area (Å²) in [5, 5.41) is 0. The molecular formula is C13H19NO5. The third-order valence-electron chi connectivity index (χ3n) is 3.19. The summed E-state index contributed by atoms with van der Waals surface area (Å²) in [4.78, 5) is 25.2. The van der Waals surface area contributed by atoms with Gasteiger partial charge >= 0.3 is 5.97 Å². The fourth-order valence-corrected chi connectivity index (χ4v) is 2.18. The SMILES string of the molecule is C[C@H]1CCCN(C(=O)COC(=O)C2=COCCO2)C1. The highest BCUT2D eigenvalue weighted by molar-refractivity contribution is 5.88. The Morgan fingerprint density at radius 3 is 3.00 bits per heavy atom. The van der Waals surface area contributed by atoms with Crippen LogP contribution < -0.4 is 0 Å². The first kappa shape index (κ1) is 13.7. The maximum atomic E-state index is 11.9. The molecule has 2 heterocycles. The first-order chi connectivity index (χ1) is 9.16. The van der Waals surface area contributed by atoms with Crippen molar-refractivity contribution in [2.75, 3.05) is 32.9 Å². The van der Waals surface area contributed by atoms with Gasteiger partial charge in [0.2, 0.25) is 5.76 Å². The van der Waals surface area contributed by atoms with Gasteiger partial charge in [-0.25, -0.2) is 4.79 Å². The number of ether oxygens (including phenoxy) is 3. The highest BCUT2D eigenvalue weighted by Gasteiger charge is 2.23. The standard InChI is InChI=1S/C13H19NO5/c1-10-3-2-4-14(7-10)12(15)9-19-13(16)11-8-17-5-6-18-11/h8,10H,2-7,9H2,1H3/t10-/m0/s1. The molecule has 0 aromatic rings. The van der Waals surface area contributed by atoms with Gasteiger partial charge in [-0.3, -0.25) is 4.79 Å². The molecule has 0 aromatic heterocycles. The number of nitrogens with zero attached hydrogens (tertiary/aromatic N) is 1. The minimum Gasteiger partial charge on any atom is -0.493 e. The molecule has 19 heavy (non-hydrogen) atoms. The topological polar surface area (TPSA) is 65.1 Å². The smallest absolute Gasteiger partial charge is 0.377 e. The van der Waals surface area contributed by atoms with Gasteiger partial charge in [0.15, 0.2) is 6.61 Å². The van der Waals surface area contributed by atoms with Crippen molar-refractivity contribution in [2.45, 2.75) is 19.8 Å². The second-order valence-electron chi connectivity index (χ2n) is 4.86. The second kappa shape index (κ2) is 6.45. The molecule has 0 bridgehead atoms. The molecule has 106 valence electrons. The van der Waals surface area contributed by atoms with Crippen LogP contribution in [-0.4, -0.2) is 49.7 Å². The molecule has 0 aromatic carbocycles. The molecule has 2 aliphatic rings. The largest absolute Gasteiger partial charge is 0.493 e. The quantitative estimate of drug-likeness (QED) is 0.705. The predicted molar refractivity (Wildman–Crippen MR) is 65.9 cm³/mol. The van der Waals surface area contributed by atoms with E-state index in [2.05, 4.69) is 6.92 Å². The Labute approximate surface area is 112 Å². The number of piperidine rings is 1. The summed E-state index contributed by atoms with van der Waals surface area (Å²) >= 11 is 0. The molecule has 0 radical (unpaired) electrons. The van der Waals surface area contributed by atoms with Gasteiger partial charge in [0.25, 0.3) is 5.91 Å². The van der Waals surface area contributed by atoms with Gasteiger partial charge in [-0.2, -0.15) is 0 Å². The highest BCUT2D eigenvalue weighted by Crippen LogP contribution is 2.15. The number of hydrogen-bond donors (Lipinski definition) is 0. The summed E-state index contributed by atoms with van der Waals surface area (Å²) < 4.78 is 15.0. The average molecular weight is 269 g/mol. The molecule has 0 spiro atoms. The molecule has 2 aliphatic heterocycles. The normalized spacial score (nSPS) is 22.9. The van der Waals surface area contributed by atoms with Crippen LogP contribution in [0.2, 0.25) is 0 Å². The van der Waals surface area contributed by atoms with Crippen molar-refractivity contribution in [3.63, 3.8) is 0 Å². The lowest BCUT2D eigenvalue weighted by molar-refractivity contribution is -0.153. The zero-order chi connectivity index (χ0) is 13.7. The van der Waals surface area contributed by atoms with Gasteiger partial charge in [0.05, 0.1) is 0 Å². The average Bonchev–Trinajstić information content (AvgIpc) is 2.45. The van der Waals surface area contributed by atoms with Gasteiger partial charge in [-0.1, -0.05) is 6.92 Å². The third-order valence-corrected chi connectivity index (χ3v) is 3.19. The Bertz CT molecular complexity index is 379. The van der Waals surface area contributed by atoms with Gasteiger partial charge in [0, 0.05) is 13.1 Å². The number of hydrogen-bond acceptors (Lipinski definition) is 5. The van der Waals surface area contributed by atoms with E-state index in [1.165, 1.54) is 6.26 Å². The summed E-state index contributed by atoms with van der Waals surface area (Å²) in [6.07, 6.45) is 3.36. The Balaban J connectivity index is 1.76. The zero-order valence-corrected chi connectivity index (χ0v) is 11.1. The molecule has 0 saturated carbocycles. The first-order valence-electron chi connectivity index (χ1n) is 6.56. The summed E-state index contributed by atoms with van der Waals surface area (Å²) in [7, 11) is 0. The number of carbonyl (C=O) groups is 2. The number of amides is 1. The Hall–Kier alpha value is -1.72. The van der Waals surface area contributed by atoms with E-state index in [-0.39, 0.29) is 18.3 Å². The minimum absolute atomic E-state index is 0.0195. The molecular weight excluding hydrogens is 250 g/mol. The van der Waals surface area contributed by atoms with E-state index in [9.17, 15) is 9.59 Å². The predicted octanol–water partition coefficient (Wildman–Crippen LogP) is 0.676. The molecule has 6 heteroatoms. The summed E-state index contributed by atoms with van der Waals surface area (Å²) in [6, 6.07) is 0. The van der Waals surface area contributed by atoms with E-state index in [1.807, 2.05) is 0 Å². The number of carbonyl (C=O) groups excluding carboxylic acids is 2. The third kappa shape index (κ3) is 3.87. The fourth-order valence-electron chi connectivity index (χ4n) is 2.18. The Kier molecular flexibility index (Phi) is 4.65. The zero-order valence-electron chi connectivity index (χ0n) is 11.1. The van der Waals surface area contributed by atoms with Gasteiger partial charge in [-0.15, -0.1) is 0 Å². The minimum atomic E-state index is -0.655. The number of likely N-dealkylation sites (tertiary alicyclic amines) is 1. The van der Waals surface area contributed by atoms with Crippen LogP contribution in [0.15, 0.2) is 12.0 Å². The van der Waals surface area contributed by atoms with Crippen molar-refractivity contribution in [3.05, 3.63) is 12.0 Å². The van der Waals surface area contributed by atoms with E-state index in [0.717, 1.165) is 25.9 Å². The van der Waals surface area contributed by atoms with Crippen molar-refractivity contribution >= 4 is 11.9 Å². The molecule has 6 nitrogen and oxygen atoms in total. The Morgan fingerprint density at radius 1 is 1.47 bits per heavy atom. The summed E-state index contributed by atoms with van der Waals surface area (Å²) in [5.41, 5.74) is 0. The summed E-state index contributed by atoms with van der Waals surface area (Å²) in [6.45, 7) is 4.08. The van der Waals surface area contributed by atoms with Crippen LogP contribution in [0.25, 0.3) is 0 Å². The molecule has 0 unspecified atom stereocenters. The van der Waals surface area contributed by atoms with Gasteiger partial charge in [-0.05, 0) is 18.8 Å². The van der Waals surface area contributed by atoms with E-state index >= 15 is 0 Å². The van der Waals surface area contributed by atoms with Crippen molar-refractivity contribution < 1.29 is 23.8 Å². The van der Waals surface area contributed by atoms with Crippen LogP contribution in [-0.2, 0) is 23.8 Å². The van der Waals surface area contributed by atoms with E-state index in [0.29, 0.717) is 19.1 Å². The molecule has 1 atom stereocenters. The van der Waals surface area contributed by atoms with Crippen LogP contribution in [0.4, 0.5) is 0 Å². The fraction of sp³-hybridized carbons (Fsp3) is 0.692. The lowest BCUT2D eigenvalue weighted by Crippen LogP contribution is -2.41. The molecule has 1 saturated heterocycles. The van der Waals surface area contributed by atoms with Crippen LogP contribution in [0, 0.1) is 5.92 Å². The molecule has 0 aliphatic carbocycles. The molecule has 0 N–H and O–H groups in total. The highest BCUT2D eigenvalue weighted by atomic mass is 16.6. The van der Waals surface area contributed by atoms with Crippen LogP contribution in [0.1, 0.15) is 19.8 Å². The lowest BCUT2D eigenvalue weighted by Gasteiger charge is -2.30. The van der Waals surface area contributed by atoms with E-state index in [4.69, 9.17) is 14.2 Å². The molecule has 1 amide bonds. The van der Waals surface area contributed by atoms with E-state index in [1.54, 1.807) is 4.90 Å². The molecule has 2 rings (SSSR count). The first-order valence-corrected chi connectivity index (χ1v) is 6.56. The maximum Gasteiger partial charge on any atom is 0.377 e. The van der Waals surface area contributed by atoms with Crippen molar-refractivity contribution in [2.24, 2.45) is 5.92 Å². The Morgan fingerprint density at radius 2 is 2.32 bits per heavy atom. The van der Waals surface area contributed by atoms with Gasteiger partial charge < -0.3 is 19.1 Å². The van der Waals surface area contributed by atoms with Crippen molar-refractivity contribution in [1.82, 2.24) is 4.90 Å². The molecule has 1 fully saturated rings. The lowest BCUT2D eigenvalue weighted by atomic mass is 10.0. The number of rotatable bonds is 3. The van der Waals surface area contributed by atoms with Crippen LogP contribution in [0.5, 0.6) is 0 Å². The monoisotopic (exact) mass is 269 g/mol. The van der Waals surface area contributed by atoms with Crippen molar-refractivity contribution in [3.8, 4) is 0 Å². The van der Waals surface area contributed by atoms with Crippen molar-refractivity contribution in [1.29, 1.82) is 0 Å². The van der Waals surface area contributed by atoms with Crippen LogP contribution in [0.3, 0.4) is 0 Å².